The maximum Gasteiger partial charge on any atom is 0.329 e. The van der Waals surface area contributed by atoms with Crippen LogP contribution in [0.3, 0.4) is 0 Å². The molecule has 0 saturated carbocycles. The number of carbonyl (C=O) groups excluding carboxylic acids is 3. The van der Waals surface area contributed by atoms with Crippen molar-refractivity contribution in [2.24, 2.45) is 0 Å². The van der Waals surface area contributed by atoms with Gasteiger partial charge in [0.1, 0.15) is 11.5 Å². The number of halogens is 1. The maximum atomic E-state index is 14.0. The molecule has 2 N–H and O–H groups in total. The Kier molecular flexibility index (Phi) is 7.29. The number of aryl methyl sites for hydroxylation is 1. The fraction of sp³-hybridized carbons (Fsp3) is 0.148. The smallest absolute Gasteiger partial charge is 0.329 e. The van der Waals surface area contributed by atoms with Crippen LogP contribution in [0.1, 0.15) is 16.7 Å². The Labute approximate surface area is 207 Å². The molecule has 0 spiro atoms. The largest absolute Gasteiger partial charge is 0.493 e. The van der Waals surface area contributed by atoms with Crippen molar-refractivity contribution >= 4 is 29.6 Å². The van der Waals surface area contributed by atoms with Crippen molar-refractivity contribution in [3.63, 3.8) is 0 Å². The van der Waals surface area contributed by atoms with Crippen LogP contribution in [0, 0.1) is 12.7 Å². The second kappa shape index (κ2) is 10.7. The molecule has 4 amide bonds. The van der Waals surface area contributed by atoms with E-state index in [0.29, 0.717) is 17.0 Å². The van der Waals surface area contributed by atoms with Gasteiger partial charge in [-0.05, 0) is 37.3 Å². The fourth-order valence-corrected chi connectivity index (χ4v) is 3.60. The van der Waals surface area contributed by atoms with Gasteiger partial charge in [-0.25, -0.2) is 9.18 Å². The van der Waals surface area contributed by atoms with Crippen molar-refractivity contribution in [3.8, 4) is 11.5 Å². The zero-order chi connectivity index (χ0) is 25.7. The van der Waals surface area contributed by atoms with Gasteiger partial charge in [-0.3, -0.25) is 14.5 Å². The van der Waals surface area contributed by atoms with Crippen LogP contribution in [0.25, 0.3) is 6.08 Å². The molecule has 0 radical (unpaired) electrons. The second-order valence-electron chi connectivity index (χ2n) is 8.05. The number of ether oxygens (including phenoxy) is 2. The summed E-state index contributed by atoms with van der Waals surface area (Å²) in [5.41, 5.74) is 2.31. The third-order valence-corrected chi connectivity index (χ3v) is 5.46. The Bertz CT molecular complexity index is 1340. The Hall–Kier alpha value is -4.66. The zero-order valence-corrected chi connectivity index (χ0v) is 19.7. The number of amides is 4. The van der Waals surface area contributed by atoms with Crippen molar-refractivity contribution in [1.29, 1.82) is 0 Å². The number of benzene rings is 3. The van der Waals surface area contributed by atoms with E-state index in [-0.39, 0.29) is 36.1 Å². The van der Waals surface area contributed by atoms with Gasteiger partial charge in [0.25, 0.3) is 11.8 Å². The predicted molar refractivity (Wildman–Crippen MR) is 132 cm³/mol. The summed E-state index contributed by atoms with van der Waals surface area (Å²) in [5, 5.41) is 5.26. The monoisotopic (exact) mass is 489 g/mol. The summed E-state index contributed by atoms with van der Waals surface area (Å²) >= 11 is 0. The molecule has 1 aliphatic rings. The molecule has 8 nitrogen and oxygen atoms in total. The van der Waals surface area contributed by atoms with E-state index in [4.69, 9.17) is 9.47 Å². The van der Waals surface area contributed by atoms with Crippen LogP contribution in [0.5, 0.6) is 11.5 Å². The highest BCUT2D eigenvalue weighted by Crippen LogP contribution is 2.33. The summed E-state index contributed by atoms with van der Waals surface area (Å²) in [7, 11) is 1.45. The van der Waals surface area contributed by atoms with Crippen molar-refractivity contribution in [2.75, 3.05) is 19.0 Å². The zero-order valence-electron chi connectivity index (χ0n) is 19.7. The van der Waals surface area contributed by atoms with Crippen LogP contribution >= 0.6 is 0 Å². The first-order valence-electron chi connectivity index (χ1n) is 11.1. The van der Waals surface area contributed by atoms with Gasteiger partial charge in [-0.1, -0.05) is 48.0 Å². The van der Waals surface area contributed by atoms with Crippen LogP contribution in [0.4, 0.5) is 14.9 Å². The van der Waals surface area contributed by atoms with E-state index in [2.05, 4.69) is 10.6 Å². The van der Waals surface area contributed by atoms with Gasteiger partial charge in [0.2, 0.25) is 0 Å². The van der Waals surface area contributed by atoms with E-state index in [9.17, 15) is 18.8 Å². The minimum absolute atomic E-state index is 0.0152. The molecule has 1 aliphatic heterocycles. The molecular formula is C27H24FN3O5. The molecule has 3 aromatic carbocycles. The average molecular weight is 490 g/mol. The highest BCUT2D eigenvalue weighted by molar-refractivity contribution is 6.14. The van der Waals surface area contributed by atoms with Gasteiger partial charge < -0.3 is 20.1 Å². The van der Waals surface area contributed by atoms with E-state index in [1.165, 1.54) is 31.4 Å². The highest BCUT2D eigenvalue weighted by Gasteiger charge is 2.34. The number of hydrogen-bond donors (Lipinski definition) is 2. The molecule has 0 atom stereocenters. The van der Waals surface area contributed by atoms with Crippen molar-refractivity contribution < 1.29 is 28.2 Å². The number of carbonyl (C=O) groups is 3. The summed E-state index contributed by atoms with van der Waals surface area (Å²) < 4.78 is 25.2. The first-order chi connectivity index (χ1) is 17.4. The van der Waals surface area contributed by atoms with E-state index < -0.39 is 17.8 Å². The lowest BCUT2D eigenvalue weighted by molar-refractivity contribution is -0.123. The second-order valence-corrected chi connectivity index (χ2v) is 8.05. The molecule has 0 aliphatic carbocycles. The van der Waals surface area contributed by atoms with E-state index >= 15 is 0 Å². The summed E-state index contributed by atoms with van der Waals surface area (Å²) in [6.07, 6.45) is 1.43. The SMILES string of the molecule is COc1cccc(/C=C2/NC(=O)N(Cc3ccccc3F)C2=O)c1OCC(=O)Nc1ccc(C)cc1. The van der Waals surface area contributed by atoms with Gasteiger partial charge in [-0.15, -0.1) is 0 Å². The van der Waals surface area contributed by atoms with Crippen LogP contribution in [-0.4, -0.2) is 36.5 Å². The quantitative estimate of drug-likeness (QED) is 0.364. The number of hydrogen-bond acceptors (Lipinski definition) is 5. The standard InChI is InChI=1S/C27H24FN3O5/c1-17-10-12-20(13-11-17)29-24(32)16-36-25-18(7-5-9-23(25)35-2)14-22-26(33)31(27(34)30-22)15-19-6-3-4-8-21(19)28/h3-14H,15-16H2,1-2H3,(H,29,32)(H,30,34)/b22-14+. The van der Waals surface area contributed by atoms with Gasteiger partial charge >= 0.3 is 6.03 Å². The number of imide groups is 1. The lowest BCUT2D eigenvalue weighted by Crippen LogP contribution is -2.30. The lowest BCUT2D eigenvalue weighted by atomic mass is 10.1. The minimum atomic E-state index is -0.669. The van der Waals surface area contributed by atoms with Crippen LogP contribution < -0.4 is 20.1 Å². The molecular weight excluding hydrogens is 465 g/mol. The Morgan fingerprint density at radius 2 is 1.81 bits per heavy atom. The molecule has 1 saturated heterocycles. The first-order valence-corrected chi connectivity index (χ1v) is 11.1. The molecule has 3 aromatic rings. The van der Waals surface area contributed by atoms with Gasteiger partial charge in [0, 0.05) is 16.8 Å². The Morgan fingerprint density at radius 3 is 2.53 bits per heavy atom. The molecule has 0 aromatic heterocycles. The minimum Gasteiger partial charge on any atom is -0.493 e. The van der Waals surface area contributed by atoms with E-state index in [0.717, 1.165) is 10.5 Å². The summed E-state index contributed by atoms with van der Waals surface area (Å²) in [5.74, 6) is -0.949. The van der Waals surface area contributed by atoms with E-state index in [1.54, 1.807) is 36.4 Å². The summed E-state index contributed by atoms with van der Waals surface area (Å²) in [6, 6.07) is 17.6. The highest BCUT2D eigenvalue weighted by atomic mass is 19.1. The van der Waals surface area contributed by atoms with Gasteiger partial charge in [-0.2, -0.15) is 0 Å². The number of methoxy groups -OCH3 is 1. The fourth-order valence-electron chi connectivity index (χ4n) is 3.60. The van der Waals surface area contributed by atoms with Crippen molar-refractivity contribution in [3.05, 3.63) is 94.9 Å². The van der Waals surface area contributed by atoms with Crippen LogP contribution in [-0.2, 0) is 16.1 Å². The maximum absolute atomic E-state index is 14.0. The van der Waals surface area contributed by atoms with Crippen molar-refractivity contribution in [1.82, 2.24) is 10.2 Å². The summed E-state index contributed by atoms with van der Waals surface area (Å²) in [6.45, 7) is 1.42. The molecule has 0 bridgehead atoms. The lowest BCUT2D eigenvalue weighted by Gasteiger charge is -2.14. The Morgan fingerprint density at radius 1 is 1.06 bits per heavy atom. The number of rotatable bonds is 8. The number of nitrogens with zero attached hydrogens (tertiary/aromatic N) is 1. The summed E-state index contributed by atoms with van der Waals surface area (Å²) in [4.78, 5) is 38.7. The predicted octanol–water partition coefficient (Wildman–Crippen LogP) is 4.25. The third-order valence-electron chi connectivity index (χ3n) is 5.46. The average Bonchev–Trinajstić information content (AvgIpc) is 3.13. The van der Waals surface area contributed by atoms with Gasteiger partial charge in [0.15, 0.2) is 18.1 Å². The first kappa shape index (κ1) is 24.5. The molecule has 184 valence electrons. The normalized spacial score (nSPS) is 14.1. The molecule has 1 heterocycles. The number of anilines is 1. The number of urea groups is 1. The number of para-hydroxylation sites is 1. The molecule has 1 fully saturated rings. The van der Waals surface area contributed by atoms with Crippen LogP contribution in [0.2, 0.25) is 0 Å². The van der Waals surface area contributed by atoms with E-state index in [1.807, 2.05) is 19.1 Å². The Balaban J connectivity index is 1.52. The van der Waals surface area contributed by atoms with Crippen LogP contribution in [0.15, 0.2) is 72.4 Å². The molecule has 0 unspecified atom stereocenters. The van der Waals surface area contributed by atoms with Crippen molar-refractivity contribution in [2.45, 2.75) is 13.5 Å². The number of nitrogens with one attached hydrogen (secondary N) is 2. The topological polar surface area (TPSA) is 97.0 Å². The molecule has 36 heavy (non-hydrogen) atoms. The molecule has 9 heteroatoms. The van der Waals surface area contributed by atoms with Gasteiger partial charge in [0.05, 0.1) is 13.7 Å². The molecule has 4 rings (SSSR count). The third kappa shape index (κ3) is 5.52.